The minimum Gasteiger partial charge on any atom is -0.389 e. The van der Waals surface area contributed by atoms with Gasteiger partial charge in [-0.05, 0) is 56.0 Å². The first-order valence-electron chi connectivity index (χ1n) is 7.32. The summed E-state index contributed by atoms with van der Waals surface area (Å²) in [5, 5.41) is 9.62. The number of para-hydroxylation sites is 1. The molecule has 0 saturated carbocycles. The molecule has 104 valence electrons. The minimum absolute atomic E-state index is 0.407. The average Bonchev–Trinajstić information content (AvgIpc) is 2.47. The normalized spacial score (nSPS) is 19.6. The van der Waals surface area contributed by atoms with E-state index in [0.29, 0.717) is 6.04 Å². The number of fused-ring (bicyclic) bond motifs is 1. The summed E-state index contributed by atoms with van der Waals surface area (Å²) in [6.45, 7) is 4.08. The molecule has 1 aliphatic heterocycles. The quantitative estimate of drug-likeness (QED) is 0.881. The number of aryl methyl sites for hydroxylation is 1. The molecular formula is C18H21NO. The van der Waals surface area contributed by atoms with Gasteiger partial charge in [-0.2, -0.15) is 0 Å². The standard InChI is InChI=1S/C18H21NO/c1-13-7-8-16-5-3-4-6-18(16)19(13)17-11-9-15(10-12-17)14(2)20/h3-6,9-14,20H,7-8H2,1-2H3/t13?,14-/m1/s1. The largest absolute Gasteiger partial charge is 0.389 e. The Balaban J connectivity index is 2.00. The van der Waals surface area contributed by atoms with Crippen LogP contribution in [-0.2, 0) is 6.42 Å². The maximum absolute atomic E-state index is 9.62. The third-order valence-corrected chi connectivity index (χ3v) is 4.18. The van der Waals surface area contributed by atoms with E-state index in [0.717, 1.165) is 12.0 Å². The van der Waals surface area contributed by atoms with Gasteiger partial charge in [-0.25, -0.2) is 0 Å². The van der Waals surface area contributed by atoms with E-state index in [1.165, 1.54) is 23.4 Å². The molecule has 1 heterocycles. The number of nitrogens with zero attached hydrogens (tertiary/aromatic N) is 1. The topological polar surface area (TPSA) is 23.5 Å². The van der Waals surface area contributed by atoms with Crippen molar-refractivity contribution in [2.75, 3.05) is 4.90 Å². The van der Waals surface area contributed by atoms with E-state index < -0.39 is 6.10 Å². The Morgan fingerprint density at radius 1 is 1.10 bits per heavy atom. The van der Waals surface area contributed by atoms with Crippen LogP contribution in [0.3, 0.4) is 0 Å². The van der Waals surface area contributed by atoms with Gasteiger partial charge in [0, 0.05) is 17.4 Å². The molecule has 1 N–H and O–H groups in total. The van der Waals surface area contributed by atoms with Crippen LogP contribution in [0.25, 0.3) is 0 Å². The van der Waals surface area contributed by atoms with Gasteiger partial charge in [-0.1, -0.05) is 30.3 Å². The predicted molar refractivity (Wildman–Crippen MR) is 83.4 cm³/mol. The fourth-order valence-electron chi connectivity index (χ4n) is 3.00. The number of benzene rings is 2. The fourth-order valence-corrected chi connectivity index (χ4v) is 3.00. The smallest absolute Gasteiger partial charge is 0.0761 e. The van der Waals surface area contributed by atoms with Crippen LogP contribution in [0, 0.1) is 0 Å². The Kier molecular flexibility index (Phi) is 3.49. The Morgan fingerprint density at radius 3 is 2.50 bits per heavy atom. The molecule has 0 radical (unpaired) electrons. The van der Waals surface area contributed by atoms with Crippen molar-refractivity contribution >= 4 is 11.4 Å². The summed E-state index contributed by atoms with van der Waals surface area (Å²) >= 11 is 0. The van der Waals surface area contributed by atoms with Crippen molar-refractivity contribution in [2.45, 2.75) is 38.8 Å². The summed E-state index contributed by atoms with van der Waals surface area (Å²) in [5.74, 6) is 0. The van der Waals surface area contributed by atoms with Gasteiger partial charge in [0.15, 0.2) is 0 Å². The molecule has 2 aromatic rings. The zero-order valence-corrected chi connectivity index (χ0v) is 12.1. The van der Waals surface area contributed by atoms with Crippen LogP contribution in [0.5, 0.6) is 0 Å². The van der Waals surface area contributed by atoms with E-state index in [1.54, 1.807) is 6.92 Å². The monoisotopic (exact) mass is 267 g/mol. The number of rotatable bonds is 2. The average molecular weight is 267 g/mol. The van der Waals surface area contributed by atoms with Gasteiger partial charge in [0.05, 0.1) is 6.10 Å². The van der Waals surface area contributed by atoms with E-state index >= 15 is 0 Å². The van der Waals surface area contributed by atoms with E-state index in [1.807, 2.05) is 12.1 Å². The molecular weight excluding hydrogens is 246 g/mol. The zero-order chi connectivity index (χ0) is 14.1. The molecule has 2 aromatic carbocycles. The van der Waals surface area contributed by atoms with Crippen LogP contribution >= 0.6 is 0 Å². The summed E-state index contributed by atoms with van der Waals surface area (Å²) in [6.07, 6.45) is 1.92. The number of aliphatic hydroxyl groups excluding tert-OH is 1. The van der Waals surface area contributed by atoms with E-state index in [4.69, 9.17) is 0 Å². The molecule has 0 aliphatic carbocycles. The third-order valence-electron chi connectivity index (χ3n) is 4.18. The van der Waals surface area contributed by atoms with Crippen LogP contribution in [0.2, 0.25) is 0 Å². The Bertz CT molecular complexity index is 589. The molecule has 0 amide bonds. The highest BCUT2D eigenvalue weighted by atomic mass is 16.3. The highest BCUT2D eigenvalue weighted by Crippen LogP contribution is 2.36. The van der Waals surface area contributed by atoms with Crippen molar-refractivity contribution in [1.29, 1.82) is 0 Å². The molecule has 0 bridgehead atoms. The van der Waals surface area contributed by atoms with Crippen LogP contribution < -0.4 is 4.90 Å². The van der Waals surface area contributed by atoms with Crippen molar-refractivity contribution in [3.05, 3.63) is 59.7 Å². The molecule has 1 unspecified atom stereocenters. The maximum Gasteiger partial charge on any atom is 0.0761 e. The molecule has 1 aliphatic rings. The van der Waals surface area contributed by atoms with Crippen molar-refractivity contribution in [3.8, 4) is 0 Å². The lowest BCUT2D eigenvalue weighted by atomic mass is 9.95. The second-order valence-electron chi connectivity index (χ2n) is 5.65. The SMILES string of the molecule is CC1CCc2ccccc2N1c1ccc([C@@H](C)O)cc1. The fraction of sp³-hybridized carbons (Fsp3) is 0.333. The summed E-state index contributed by atoms with van der Waals surface area (Å²) in [6, 6.07) is 17.4. The summed E-state index contributed by atoms with van der Waals surface area (Å²) in [5.41, 5.74) is 4.90. The van der Waals surface area contributed by atoms with Crippen molar-refractivity contribution < 1.29 is 5.11 Å². The summed E-state index contributed by atoms with van der Waals surface area (Å²) in [7, 11) is 0. The molecule has 2 atom stereocenters. The molecule has 0 spiro atoms. The van der Waals surface area contributed by atoms with Crippen molar-refractivity contribution in [3.63, 3.8) is 0 Å². The lowest BCUT2D eigenvalue weighted by Crippen LogP contribution is -2.33. The predicted octanol–water partition coefficient (Wildman–Crippen LogP) is 4.21. The van der Waals surface area contributed by atoms with Crippen molar-refractivity contribution in [1.82, 2.24) is 0 Å². The lowest BCUT2D eigenvalue weighted by molar-refractivity contribution is 0.199. The number of aliphatic hydroxyl groups is 1. The second-order valence-corrected chi connectivity index (χ2v) is 5.65. The number of hydrogen-bond donors (Lipinski definition) is 1. The molecule has 3 rings (SSSR count). The zero-order valence-electron chi connectivity index (χ0n) is 12.1. The molecule has 0 fully saturated rings. The lowest BCUT2D eigenvalue weighted by Gasteiger charge is -2.37. The number of anilines is 2. The van der Waals surface area contributed by atoms with Crippen LogP contribution in [0.15, 0.2) is 48.5 Å². The first-order chi connectivity index (χ1) is 9.66. The van der Waals surface area contributed by atoms with Gasteiger partial charge >= 0.3 is 0 Å². The maximum atomic E-state index is 9.62. The summed E-state index contributed by atoms with van der Waals surface area (Å²) in [4.78, 5) is 2.41. The van der Waals surface area contributed by atoms with Gasteiger partial charge in [0.1, 0.15) is 0 Å². The second kappa shape index (κ2) is 5.29. The van der Waals surface area contributed by atoms with E-state index in [9.17, 15) is 5.11 Å². The Morgan fingerprint density at radius 2 is 1.80 bits per heavy atom. The first-order valence-corrected chi connectivity index (χ1v) is 7.32. The highest BCUT2D eigenvalue weighted by molar-refractivity contribution is 5.68. The van der Waals surface area contributed by atoms with Gasteiger partial charge < -0.3 is 10.0 Å². The Hall–Kier alpha value is -1.80. The molecule has 20 heavy (non-hydrogen) atoms. The molecule has 2 nitrogen and oxygen atoms in total. The van der Waals surface area contributed by atoms with Gasteiger partial charge in [-0.3, -0.25) is 0 Å². The van der Waals surface area contributed by atoms with Gasteiger partial charge in [-0.15, -0.1) is 0 Å². The minimum atomic E-state index is -0.407. The van der Waals surface area contributed by atoms with Crippen LogP contribution in [0.1, 0.15) is 37.5 Å². The van der Waals surface area contributed by atoms with E-state index in [-0.39, 0.29) is 0 Å². The van der Waals surface area contributed by atoms with Crippen LogP contribution in [-0.4, -0.2) is 11.1 Å². The molecule has 2 heteroatoms. The van der Waals surface area contributed by atoms with Gasteiger partial charge in [0.2, 0.25) is 0 Å². The Labute approximate surface area is 120 Å². The first kappa shape index (κ1) is 13.2. The van der Waals surface area contributed by atoms with Gasteiger partial charge in [0.25, 0.3) is 0 Å². The number of hydrogen-bond acceptors (Lipinski definition) is 2. The molecule has 0 aromatic heterocycles. The summed E-state index contributed by atoms with van der Waals surface area (Å²) < 4.78 is 0. The van der Waals surface area contributed by atoms with Crippen LogP contribution in [0.4, 0.5) is 11.4 Å². The van der Waals surface area contributed by atoms with Crippen molar-refractivity contribution in [2.24, 2.45) is 0 Å². The highest BCUT2D eigenvalue weighted by Gasteiger charge is 2.23. The third kappa shape index (κ3) is 2.32. The molecule has 0 saturated heterocycles. The van der Waals surface area contributed by atoms with E-state index in [2.05, 4.69) is 48.2 Å².